The van der Waals surface area contributed by atoms with Crippen LogP contribution in [0.15, 0.2) is 29.2 Å². The zero-order valence-electron chi connectivity index (χ0n) is 9.69. The normalized spacial score (nSPS) is 21.4. The molecule has 1 fully saturated rings. The summed E-state index contributed by atoms with van der Waals surface area (Å²) in [5.41, 5.74) is 1.11. The van der Waals surface area contributed by atoms with Crippen LogP contribution in [-0.4, -0.2) is 30.8 Å². The third-order valence-corrected chi connectivity index (χ3v) is 4.47. The molecule has 17 heavy (non-hydrogen) atoms. The van der Waals surface area contributed by atoms with Gasteiger partial charge in [0.15, 0.2) is 0 Å². The summed E-state index contributed by atoms with van der Waals surface area (Å²) in [5, 5.41) is 3.35. The molecular weight excluding hydrogens is 232 g/mol. The van der Waals surface area contributed by atoms with Crippen molar-refractivity contribution in [3.05, 3.63) is 24.3 Å². The molecule has 2 aliphatic rings. The molecule has 0 spiro atoms. The van der Waals surface area contributed by atoms with Gasteiger partial charge in [-0.1, -0.05) is 12.1 Å². The Kier molecular flexibility index (Phi) is 3.07. The number of para-hydroxylation sites is 1. The van der Waals surface area contributed by atoms with Gasteiger partial charge in [0.1, 0.15) is 0 Å². The lowest BCUT2D eigenvalue weighted by molar-refractivity contribution is -0.116. The van der Waals surface area contributed by atoms with Crippen molar-refractivity contribution >= 4 is 23.4 Å². The largest absolute Gasteiger partial charge is 0.317 e. The van der Waals surface area contributed by atoms with E-state index in [9.17, 15) is 4.79 Å². The summed E-state index contributed by atoms with van der Waals surface area (Å²) >= 11 is 1.66. The van der Waals surface area contributed by atoms with Crippen LogP contribution in [0.4, 0.5) is 5.69 Å². The molecule has 1 amide bonds. The van der Waals surface area contributed by atoms with Gasteiger partial charge in [-0.15, -0.1) is 11.8 Å². The maximum absolute atomic E-state index is 12.1. The molecule has 90 valence electrons. The summed E-state index contributed by atoms with van der Waals surface area (Å²) in [7, 11) is 0. The topological polar surface area (TPSA) is 32.3 Å². The van der Waals surface area contributed by atoms with Gasteiger partial charge in [0.2, 0.25) is 5.91 Å². The van der Waals surface area contributed by atoms with Crippen LogP contribution >= 0.6 is 11.8 Å². The number of hydrogen-bond acceptors (Lipinski definition) is 3. The Bertz CT molecular complexity index is 429. The molecule has 3 rings (SSSR count). The van der Waals surface area contributed by atoms with E-state index in [1.54, 1.807) is 11.8 Å². The van der Waals surface area contributed by atoms with Crippen LogP contribution in [0.2, 0.25) is 0 Å². The van der Waals surface area contributed by atoms with Gasteiger partial charge in [0.05, 0.1) is 11.4 Å². The Balaban J connectivity index is 1.94. The quantitative estimate of drug-likeness (QED) is 0.823. The lowest BCUT2D eigenvalue weighted by atomic mass is 10.0. The first kappa shape index (κ1) is 11.1. The second-order valence-electron chi connectivity index (χ2n) is 4.50. The van der Waals surface area contributed by atoms with E-state index in [4.69, 9.17) is 0 Å². The van der Waals surface area contributed by atoms with Crippen molar-refractivity contribution in [3.63, 3.8) is 0 Å². The number of carbonyl (C=O) groups excluding carboxylic acids is 1. The van der Waals surface area contributed by atoms with Gasteiger partial charge in [-0.25, -0.2) is 0 Å². The lowest BCUT2D eigenvalue weighted by Crippen LogP contribution is -2.48. The van der Waals surface area contributed by atoms with E-state index >= 15 is 0 Å². The Hall–Kier alpha value is -1.00. The van der Waals surface area contributed by atoms with Gasteiger partial charge in [0.25, 0.3) is 0 Å². The maximum Gasteiger partial charge on any atom is 0.237 e. The van der Waals surface area contributed by atoms with E-state index in [-0.39, 0.29) is 5.91 Å². The third-order valence-electron chi connectivity index (χ3n) is 3.42. The third kappa shape index (κ3) is 2.07. The minimum atomic E-state index is 0.264. The molecule has 2 aliphatic heterocycles. The fourth-order valence-corrected chi connectivity index (χ4v) is 3.49. The molecule has 4 heteroatoms. The smallest absolute Gasteiger partial charge is 0.237 e. The first-order valence-corrected chi connectivity index (χ1v) is 7.09. The lowest BCUT2D eigenvalue weighted by Gasteiger charge is -2.37. The number of benzene rings is 1. The second kappa shape index (κ2) is 4.70. The molecule has 0 bridgehead atoms. The van der Waals surface area contributed by atoms with Crippen LogP contribution < -0.4 is 10.2 Å². The predicted octanol–water partition coefficient (Wildman–Crippen LogP) is 1.88. The molecule has 0 saturated carbocycles. The number of hydrogen-bond donors (Lipinski definition) is 1. The summed E-state index contributed by atoms with van der Waals surface area (Å²) in [6, 6.07) is 8.63. The van der Waals surface area contributed by atoms with Gasteiger partial charge in [-0.05, 0) is 38.1 Å². The molecule has 0 aromatic heterocycles. The summed E-state index contributed by atoms with van der Waals surface area (Å²) in [6.07, 6.45) is 2.12. The van der Waals surface area contributed by atoms with E-state index < -0.39 is 0 Å². The molecule has 0 radical (unpaired) electrons. The number of carbonyl (C=O) groups is 1. The number of thioether (sulfide) groups is 1. The number of nitrogens with zero attached hydrogens (tertiary/aromatic N) is 1. The Morgan fingerprint density at radius 2 is 2.00 bits per heavy atom. The average molecular weight is 248 g/mol. The molecule has 3 nitrogen and oxygen atoms in total. The van der Waals surface area contributed by atoms with Crippen LogP contribution in [0.3, 0.4) is 0 Å². The molecule has 2 heterocycles. The van der Waals surface area contributed by atoms with Gasteiger partial charge < -0.3 is 10.2 Å². The maximum atomic E-state index is 12.1. The highest BCUT2D eigenvalue weighted by molar-refractivity contribution is 8.00. The monoisotopic (exact) mass is 248 g/mol. The molecule has 1 N–H and O–H groups in total. The van der Waals surface area contributed by atoms with E-state index in [1.807, 2.05) is 17.0 Å². The van der Waals surface area contributed by atoms with Crippen LogP contribution in [-0.2, 0) is 4.79 Å². The molecular formula is C13H16N2OS. The molecule has 0 unspecified atom stereocenters. The van der Waals surface area contributed by atoms with Crippen LogP contribution in [0, 0.1) is 0 Å². The number of rotatable bonds is 1. The zero-order valence-corrected chi connectivity index (χ0v) is 10.5. The van der Waals surface area contributed by atoms with Gasteiger partial charge >= 0.3 is 0 Å². The highest BCUT2D eigenvalue weighted by Crippen LogP contribution is 2.37. The molecule has 1 aromatic rings. The van der Waals surface area contributed by atoms with Crippen molar-refractivity contribution in [2.75, 3.05) is 23.7 Å². The molecule has 1 aromatic carbocycles. The SMILES string of the molecule is O=C1CSc2ccccc2N1C1CCNCC1. The van der Waals surface area contributed by atoms with E-state index in [0.717, 1.165) is 31.6 Å². The number of nitrogens with one attached hydrogen (secondary N) is 1. The average Bonchev–Trinajstić information content (AvgIpc) is 2.39. The predicted molar refractivity (Wildman–Crippen MR) is 70.5 cm³/mol. The van der Waals surface area contributed by atoms with Crippen molar-refractivity contribution in [1.82, 2.24) is 5.32 Å². The van der Waals surface area contributed by atoms with E-state index in [2.05, 4.69) is 17.4 Å². The van der Waals surface area contributed by atoms with Gasteiger partial charge in [-0.3, -0.25) is 4.79 Å². The first-order valence-electron chi connectivity index (χ1n) is 6.11. The standard InChI is InChI=1S/C13H16N2OS/c16-13-9-17-12-4-2-1-3-11(12)15(13)10-5-7-14-8-6-10/h1-4,10,14H,5-9H2. The summed E-state index contributed by atoms with van der Waals surface area (Å²) < 4.78 is 0. The highest BCUT2D eigenvalue weighted by Gasteiger charge is 2.31. The number of fused-ring (bicyclic) bond motifs is 1. The van der Waals surface area contributed by atoms with Crippen LogP contribution in [0.25, 0.3) is 0 Å². The van der Waals surface area contributed by atoms with Crippen molar-refractivity contribution < 1.29 is 4.79 Å². The molecule has 0 atom stereocenters. The summed E-state index contributed by atoms with van der Waals surface area (Å²) in [5.74, 6) is 0.849. The van der Waals surface area contributed by atoms with Gasteiger partial charge in [0, 0.05) is 10.9 Å². The number of amides is 1. The Labute approximate surface area is 106 Å². The van der Waals surface area contributed by atoms with E-state index in [0.29, 0.717) is 11.8 Å². The molecule has 1 saturated heterocycles. The fourth-order valence-electron chi connectivity index (χ4n) is 2.59. The highest BCUT2D eigenvalue weighted by atomic mass is 32.2. The van der Waals surface area contributed by atoms with Crippen LogP contribution in [0.1, 0.15) is 12.8 Å². The van der Waals surface area contributed by atoms with Crippen LogP contribution in [0.5, 0.6) is 0 Å². The summed E-state index contributed by atoms with van der Waals surface area (Å²) in [6.45, 7) is 2.04. The summed E-state index contributed by atoms with van der Waals surface area (Å²) in [4.78, 5) is 15.4. The van der Waals surface area contributed by atoms with Crippen molar-refractivity contribution in [3.8, 4) is 0 Å². The fraction of sp³-hybridized carbons (Fsp3) is 0.462. The van der Waals surface area contributed by atoms with Crippen molar-refractivity contribution in [2.24, 2.45) is 0 Å². The van der Waals surface area contributed by atoms with E-state index in [1.165, 1.54) is 4.90 Å². The van der Waals surface area contributed by atoms with Crippen molar-refractivity contribution in [1.29, 1.82) is 0 Å². The van der Waals surface area contributed by atoms with Gasteiger partial charge in [-0.2, -0.15) is 0 Å². The molecule has 0 aliphatic carbocycles. The first-order chi connectivity index (χ1) is 8.36. The Morgan fingerprint density at radius 3 is 2.82 bits per heavy atom. The second-order valence-corrected chi connectivity index (χ2v) is 5.52. The minimum absolute atomic E-state index is 0.264. The number of anilines is 1. The number of piperidine rings is 1. The minimum Gasteiger partial charge on any atom is -0.317 e. The Morgan fingerprint density at radius 1 is 1.24 bits per heavy atom. The zero-order chi connectivity index (χ0) is 11.7. The van der Waals surface area contributed by atoms with Crippen molar-refractivity contribution in [2.45, 2.75) is 23.8 Å².